The smallest absolute Gasteiger partial charge is 0.303 e. The van der Waals surface area contributed by atoms with E-state index in [1.54, 1.807) is 4.90 Å². The van der Waals surface area contributed by atoms with Crippen LogP contribution in [0.3, 0.4) is 0 Å². The van der Waals surface area contributed by atoms with E-state index in [2.05, 4.69) is 0 Å². The molecule has 0 aromatic heterocycles. The molecule has 0 radical (unpaired) electrons. The molecule has 0 aliphatic carbocycles. The molecule has 2 aliphatic rings. The summed E-state index contributed by atoms with van der Waals surface area (Å²) >= 11 is 0. The maximum atomic E-state index is 11.6. The van der Waals surface area contributed by atoms with Crippen LogP contribution in [0.4, 0.5) is 0 Å². The van der Waals surface area contributed by atoms with E-state index < -0.39 is 5.97 Å². The van der Waals surface area contributed by atoms with Crippen LogP contribution >= 0.6 is 0 Å². The summed E-state index contributed by atoms with van der Waals surface area (Å²) in [4.78, 5) is 23.7. The molecule has 5 heteroatoms. The first-order chi connectivity index (χ1) is 7.15. The predicted molar refractivity (Wildman–Crippen MR) is 51.3 cm³/mol. The summed E-state index contributed by atoms with van der Waals surface area (Å²) in [6, 6.07) is 0. The molecule has 2 unspecified atom stereocenters. The molecule has 0 aromatic rings. The lowest BCUT2D eigenvalue weighted by Crippen LogP contribution is -2.45. The minimum absolute atomic E-state index is 0.0578. The summed E-state index contributed by atoms with van der Waals surface area (Å²) in [7, 11) is 0. The second-order valence-corrected chi connectivity index (χ2v) is 4.15. The normalized spacial score (nSPS) is 29.2. The number of likely N-dealkylation sites (tertiary alicyclic amines) is 1. The lowest BCUT2D eigenvalue weighted by atomic mass is 10.2. The molecule has 0 saturated carbocycles. The van der Waals surface area contributed by atoms with Gasteiger partial charge in [0.15, 0.2) is 0 Å². The van der Waals surface area contributed by atoms with E-state index in [-0.39, 0.29) is 31.0 Å². The molecule has 2 atom stereocenters. The molecule has 2 saturated heterocycles. The van der Waals surface area contributed by atoms with Crippen LogP contribution in [0, 0.1) is 0 Å². The first-order valence-corrected chi connectivity index (χ1v) is 5.30. The molecule has 2 fully saturated rings. The van der Waals surface area contributed by atoms with Gasteiger partial charge in [-0.25, -0.2) is 0 Å². The number of amides is 1. The fraction of sp³-hybridized carbons (Fsp3) is 0.800. The standard InChI is InChI=1S/C10H15NO4/c12-9(3-4-10(13)14)11-5-7-1-2-8(6-11)15-7/h7-8H,1-6H2,(H,13,14). The van der Waals surface area contributed by atoms with Crippen LogP contribution in [0.2, 0.25) is 0 Å². The fourth-order valence-electron chi connectivity index (χ4n) is 2.19. The van der Waals surface area contributed by atoms with Gasteiger partial charge in [-0.2, -0.15) is 0 Å². The molecule has 15 heavy (non-hydrogen) atoms. The van der Waals surface area contributed by atoms with Gasteiger partial charge in [0.25, 0.3) is 0 Å². The Kier molecular flexibility index (Phi) is 2.90. The van der Waals surface area contributed by atoms with Crippen LogP contribution in [-0.4, -0.2) is 47.2 Å². The summed E-state index contributed by atoms with van der Waals surface area (Å²) in [6.07, 6.45) is 2.43. The highest BCUT2D eigenvalue weighted by molar-refractivity contribution is 5.80. The lowest BCUT2D eigenvalue weighted by molar-refractivity contribution is -0.144. The molecule has 1 amide bonds. The molecular formula is C10H15NO4. The maximum absolute atomic E-state index is 11.6. The number of nitrogens with zero attached hydrogens (tertiary/aromatic N) is 1. The minimum Gasteiger partial charge on any atom is -0.481 e. The molecule has 1 N–H and O–H groups in total. The molecular weight excluding hydrogens is 198 g/mol. The molecule has 84 valence electrons. The minimum atomic E-state index is -0.917. The molecule has 2 aliphatic heterocycles. The Balaban J connectivity index is 1.83. The van der Waals surface area contributed by atoms with Crippen LogP contribution in [0.1, 0.15) is 25.7 Å². The number of hydrogen-bond donors (Lipinski definition) is 1. The highest BCUT2D eigenvalue weighted by atomic mass is 16.5. The van der Waals surface area contributed by atoms with E-state index in [0.717, 1.165) is 12.8 Å². The number of fused-ring (bicyclic) bond motifs is 2. The molecule has 0 spiro atoms. The number of rotatable bonds is 3. The van der Waals surface area contributed by atoms with Crippen molar-refractivity contribution in [3.05, 3.63) is 0 Å². The van der Waals surface area contributed by atoms with Gasteiger partial charge in [0.2, 0.25) is 5.91 Å². The number of aliphatic carboxylic acids is 1. The van der Waals surface area contributed by atoms with Gasteiger partial charge in [-0.1, -0.05) is 0 Å². The molecule has 2 rings (SSSR count). The third-order valence-electron chi connectivity index (χ3n) is 2.95. The van der Waals surface area contributed by atoms with Crippen molar-refractivity contribution in [3.8, 4) is 0 Å². The van der Waals surface area contributed by atoms with Crippen molar-refractivity contribution in [1.82, 2.24) is 4.90 Å². The Bertz CT molecular complexity index is 267. The number of hydrogen-bond acceptors (Lipinski definition) is 3. The van der Waals surface area contributed by atoms with E-state index in [1.807, 2.05) is 0 Å². The quantitative estimate of drug-likeness (QED) is 0.729. The first-order valence-electron chi connectivity index (χ1n) is 5.30. The van der Waals surface area contributed by atoms with Gasteiger partial charge in [-0.15, -0.1) is 0 Å². The number of morpholine rings is 1. The highest BCUT2D eigenvalue weighted by Gasteiger charge is 2.35. The molecule has 2 bridgehead atoms. The van der Waals surface area contributed by atoms with Gasteiger partial charge < -0.3 is 14.7 Å². The van der Waals surface area contributed by atoms with Gasteiger partial charge in [0, 0.05) is 19.5 Å². The van der Waals surface area contributed by atoms with E-state index in [0.29, 0.717) is 13.1 Å². The number of carbonyl (C=O) groups is 2. The van der Waals surface area contributed by atoms with Crippen LogP contribution in [0.25, 0.3) is 0 Å². The summed E-state index contributed by atoms with van der Waals surface area (Å²) in [5.74, 6) is -0.975. The Morgan fingerprint density at radius 1 is 1.20 bits per heavy atom. The van der Waals surface area contributed by atoms with Crippen molar-refractivity contribution in [2.45, 2.75) is 37.9 Å². The monoisotopic (exact) mass is 213 g/mol. The van der Waals surface area contributed by atoms with Crippen molar-refractivity contribution in [3.63, 3.8) is 0 Å². The first kappa shape index (κ1) is 10.4. The SMILES string of the molecule is O=C(O)CCC(=O)N1CC2CCC(C1)O2. The fourth-order valence-corrected chi connectivity index (χ4v) is 2.19. The van der Waals surface area contributed by atoms with Crippen LogP contribution < -0.4 is 0 Å². The lowest BCUT2D eigenvalue weighted by Gasteiger charge is -2.32. The largest absolute Gasteiger partial charge is 0.481 e. The average Bonchev–Trinajstić information content (AvgIpc) is 2.54. The Morgan fingerprint density at radius 3 is 2.33 bits per heavy atom. The number of carboxylic acids is 1. The second kappa shape index (κ2) is 4.18. The molecule has 5 nitrogen and oxygen atoms in total. The Morgan fingerprint density at radius 2 is 1.80 bits per heavy atom. The van der Waals surface area contributed by atoms with Crippen LogP contribution in [0.15, 0.2) is 0 Å². The summed E-state index contributed by atoms with van der Waals surface area (Å²) in [5, 5.41) is 8.48. The van der Waals surface area contributed by atoms with Crippen LogP contribution in [0.5, 0.6) is 0 Å². The zero-order valence-electron chi connectivity index (χ0n) is 8.52. The third-order valence-corrected chi connectivity index (χ3v) is 2.95. The zero-order valence-corrected chi connectivity index (χ0v) is 8.52. The zero-order chi connectivity index (χ0) is 10.8. The van der Waals surface area contributed by atoms with Gasteiger partial charge in [0.1, 0.15) is 0 Å². The van der Waals surface area contributed by atoms with E-state index in [1.165, 1.54) is 0 Å². The van der Waals surface area contributed by atoms with E-state index in [4.69, 9.17) is 9.84 Å². The van der Waals surface area contributed by atoms with Crippen molar-refractivity contribution in [1.29, 1.82) is 0 Å². The van der Waals surface area contributed by atoms with Crippen molar-refractivity contribution in [2.24, 2.45) is 0 Å². The van der Waals surface area contributed by atoms with E-state index >= 15 is 0 Å². The third kappa shape index (κ3) is 2.47. The predicted octanol–water partition coefficient (Wildman–Crippen LogP) is 0.241. The number of carboxylic acid groups (broad SMARTS) is 1. The molecule has 2 heterocycles. The maximum Gasteiger partial charge on any atom is 0.303 e. The second-order valence-electron chi connectivity index (χ2n) is 4.15. The van der Waals surface area contributed by atoms with Gasteiger partial charge >= 0.3 is 5.97 Å². The Hall–Kier alpha value is -1.10. The summed E-state index contributed by atoms with van der Waals surface area (Å²) in [6.45, 7) is 1.27. The molecule has 0 aromatic carbocycles. The number of ether oxygens (including phenoxy) is 1. The van der Waals surface area contributed by atoms with E-state index in [9.17, 15) is 9.59 Å². The average molecular weight is 213 g/mol. The topological polar surface area (TPSA) is 66.8 Å². The summed E-state index contributed by atoms with van der Waals surface area (Å²) < 4.78 is 5.59. The van der Waals surface area contributed by atoms with Crippen molar-refractivity contribution in [2.75, 3.05) is 13.1 Å². The van der Waals surface area contributed by atoms with Gasteiger partial charge in [-0.3, -0.25) is 9.59 Å². The van der Waals surface area contributed by atoms with Crippen molar-refractivity contribution >= 4 is 11.9 Å². The van der Waals surface area contributed by atoms with Gasteiger partial charge in [0.05, 0.1) is 18.6 Å². The van der Waals surface area contributed by atoms with Crippen molar-refractivity contribution < 1.29 is 19.4 Å². The van der Waals surface area contributed by atoms with Crippen LogP contribution in [-0.2, 0) is 14.3 Å². The Labute approximate surface area is 88.0 Å². The van der Waals surface area contributed by atoms with Gasteiger partial charge in [-0.05, 0) is 12.8 Å². The summed E-state index contributed by atoms with van der Waals surface area (Å²) in [5.41, 5.74) is 0. The highest BCUT2D eigenvalue weighted by Crippen LogP contribution is 2.26. The number of carbonyl (C=O) groups excluding carboxylic acids is 1.